The van der Waals surface area contributed by atoms with Crippen molar-refractivity contribution in [2.24, 2.45) is 17.1 Å². The molecule has 3 N–H and O–H groups in total. The van der Waals surface area contributed by atoms with Gasteiger partial charge in [0.05, 0.1) is 18.5 Å². The second-order valence-electron chi connectivity index (χ2n) is 6.02. The van der Waals surface area contributed by atoms with Crippen molar-refractivity contribution in [2.75, 3.05) is 32.8 Å². The molecule has 2 saturated heterocycles. The highest BCUT2D eigenvalue weighted by molar-refractivity contribution is 5.84. The molecule has 2 heterocycles. The smallest absolute Gasteiger partial charge is 0.230 e. The molecule has 0 unspecified atom stereocenters. The molecule has 0 radical (unpaired) electrons. The van der Waals surface area contributed by atoms with Crippen LogP contribution in [0, 0.1) is 11.3 Å². The van der Waals surface area contributed by atoms with Gasteiger partial charge in [-0.1, -0.05) is 13.8 Å². The van der Waals surface area contributed by atoms with Crippen LogP contribution in [-0.4, -0.2) is 54.4 Å². The van der Waals surface area contributed by atoms with Gasteiger partial charge in [0.25, 0.3) is 0 Å². The van der Waals surface area contributed by atoms with Crippen LogP contribution in [0.15, 0.2) is 0 Å². The number of carbonyl (C=O) groups is 1. The molecular formula is C13H24N2O3. The fraction of sp³-hybridized carbons (Fsp3) is 0.923. The first-order chi connectivity index (χ1) is 8.43. The van der Waals surface area contributed by atoms with Crippen LogP contribution in [0.25, 0.3) is 0 Å². The van der Waals surface area contributed by atoms with Crippen molar-refractivity contribution in [3.8, 4) is 0 Å². The van der Waals surface area contributed by atoms with Gasteiger partial charge < -0.3 is 20.5 Å². The molecule has 0 saturated carbocycles. The SMILES string of the molecule is CC(C)C1(O)CN(C(=O)C2(CN)CCOCC2)C1. The second kappa shape index (κ2) is 4.79. The van der Waals surface area contributed by atoms with Crippen LogP contribution in [0.1, 0.15) is 26.7 Å². The Balaban J connectivity index is 2.00. The normalized spacial score (nSPS) is 25.9. The van der Waals surface area contributed by atoms with Crippen molar-refractivity contribution in [1.82, 2.24) is 4.90 Å². The summed E-state index contributed by atoms with van der Waals surface area (Å²) in [6, 6.07) is 0. The molecule has 18 heavy (non-hydrogen) atoms. The third-order valence-electron chi connectivity index (χ3n) is 4.59. The van der Waals surface area contributed by atoms with Gasteiger partial charge in [0.1, 0.15) is 5.60 Å². The predicted octanol–water partition coefficient (Wildman–Crippen LogP) is -0.0288. The quantitative estimate of drug-likeness (QED) is 0.743. The van der Waals surface area contributed by atoms with Crippen LogP contribution in [0.4, 0.5) is 0 Å². The minimum atomic E-state index is -0.712. The fourth-order valence-electron chi connectivity index (χ4n) is 2.73. The molecule has 2 fully saturated rings. The van der Waals surface area contributed by atoms with Crippen LogP contribution < -0.4 is 5.73 Å². The summed E-state index contributed by atoms with van der Waals surface area (Å²) in [5, 5.41) is 10.2. The van der Waals surface area contributed by atoms with E-state index in [1.807, 2.05) is 13.8 Å². The second-order valence-corrected chi connectivity index (χ2v) is 6.02. The summed E-state index contributed by atoms with van der Waals surface area (Å²) in [6.07, 6.45) is 1.39. The lowest BCUT2D eigenvalue weighted by Crippen LogP contribution is -2.69. The molecule has 0 bridgehead atoms. The van der Waals surface area contributed by atoms with Gasteiger partial charge in [-0.15, -0.1) is 0 Å². The van der Waals surface area contributed by atoms with E-state index in [9.17, 15) is 9.90 Å². The molecule has 2 rings (SSSR count). The number of nitrogens with two attached hydrogens (primary N) is 1. The van der Waals surface area contributed by atoms with E-state index in [4.69, 9.17) is 10.5 Å². The maximum absolute atomic E-state index is 12.5. The summed E-state index contributed by atoms with van der Waals surface area (Å²) in [6.45, 7) is 6.41. The number of rotatable bonds is 3. The Morgan fingerprint density at radius 3 is 2.39 bits per heavy atom. The molecule has 5 nitrogen and oxygen atoms in total. The highest BCUT2D eigenvalue weighted by Crippen LogP contribution is 2.36. The average molecular weight is 256 g/mol. The van der Waals surface area contributed by atoms with Crippen LogP contribution in [-0.2, 0) is 9.53 Å². The van der Waals surface area contributed by atoms with Gasteiger partial charge in [0.2, 0.25) is 5.91 Å². The zero-order chi connectivity index (χ0) is 13.4. The van der Waals surface area contributed by atoms with E-state index in [1.54, 1.807) is 4.90 Å². The van der Waals surface area contributed by atoms with E-state index < -0.39 is 11.0 Å². The van der Waals surface area contributed by atoms with Crippen LogP contribution in [0.3, 0.4) is 0 Å². The molecule has 0 aromatic heterocycles. The Labute approximate surface area is 108 Å². The Kier molecular flexibility index (Phi) is 3.67. The maximum Gasteiger partial charge on any atom is 0.230 e. The highest BCUT2D eigenvalue weighted by atomic mass is 16.5. The van der Waals surface area contributed by atoms with Gasteiger partial charge in [-0.05, 0) is 18.8 Å². The van der Waals surface area contributed by atoms with Gasteiger partial charge in [-0.3, -0.25) is 4.79 Å². The first kappa shape index (κ1) is 13.8. The largest absolute Gasteiger partial charge is 0.386 e. The number of hydrogen-bond acceptors (Lipinski definition) is 4. The Morgan fingerprint density at radius 2 is 1.94 bits per heavy atom. The molecule has 2 aliphatic rings. The topological polar surface area (TPSA) is 75.8 Å². The number of likely N-dealkylation sites (tertiary alicyclic amines) is 1. The van der Waals surface area contributed by atoms with E-state index in [2.05, 4.69) is 0 Å². The highest BCUT2D eigenvalue weighted by Gasteiger charge is 2.51. The lowest BCUT2D eigenvalue weighted by atomic mass is 9.75. The molecule has 1 amide bonds. The third-order valence-corrected chi connectivity index (χ3v) is 4.59. The first-order valence-electron chi connectivity index (χ1n) is 6.73. The average Bonchev–Trinajstić information content (AvgIpc) is 2.34. The van der Waals surface area contributed by atoms with E-state index in [1.165, 1.54) is 0 Å². The zero-order valence-electron chi connectivity index (χ0n) is 11.3. The maximum atomic E-state index is 12.5. The van der Waals surface area contributed by atoms with Gasteiger partial charge in [-0.25, -0.2) is 0 Å². The van der Waals surface area contributed by atoms with Gasteiger partial charge >= 0.3 is 0 Å². The monoisotopic (exact) mass is 256 g/mol. The minimum Gasteiger partial charge on any atom is -0.386 e. The number of carbonyl (C=O) groups excluding carboxylic acids is 1. The summed E-state index contributed by atoms with van der Waals surface area (Å²) in [5.74, 6) is 0.267. The van der Waals surface area contributed by atoms with Crippen molar-refractivity contribution in [2.45, 2.75) is 32.3 Å². The lowest BCUT2D eigenvalue weighted by molar-refractivity contribution is -0.177. The molecule has 104 valence electrons. The van der Waals surface area contributed by atoms with Crippen molar-refractivity contribution in [3.05, 3.63) is 0 Å². The van der Waals surface area contributed by atoms with E-state index >= 15 is 0 Å². The Morgan fingerprint density at radius 1 is 1.39 bits per heavy atom. The molecule has 5 heteroatoms. The molecule has 2 aliphatic heterocycles. The van der Waals surface area contributed by atoms with Crippen molar-refractivity contribution < 1.29 is 14.6 Å². The first-order valence-corrected chi connectivity index (χ1v) is 6.73. The summed E-state index contributed by atoms with van der Waals surface area (Å²) >= 11 is 0. The predicted molar refractivity (Wildman–Crippen MR) is 67.9 cm³/mol. The number of β-amino-alcohol motifs (C(OH)–C–C–N with tert-alkyl or cyclic N) is 1. The van der Waals surface area contributed by atoms with Gasteiger partial charge in [-0.2, -0.15) is 0 Å². The molecule has 0 spiro atoms. The molecule has 0 aliphatic carbocycles. The third kappa shape index (κ3) is 2.15. The summed E-state index contributed by atoms with van der Waals surface area (Å²) in [5.41, 5.74) is 4.64. The van der Waals surface area contributed by atoms with Crippen LogP contribution in [0.5, 0.6) is 0 Å². The number of ether oxygens (including phenoxy) is 1. The van der Waals surface area contributed by atoms with Crippen molar-refractivity contribution >= 4 is 5.91 Å². The lowest BCUT2D eigenvalue weighted by Gasteiger charge is -2.52. The summed E-state index contributed by atoms with van der Waals surface area (Å²) in [7, 11) is 0. The number of hydrogen-bond donors (Lipinski definition) is 2. The van der Waals surface area contributed by atoms with E-state index in [-0.39, 0.29) is 11.8 Å². The van der Waals surface area contributed by atoms with E-state index in [0.29, 0.717) is 45.7 Å². The van der Waals surface area contributed by atoms with Crippen molar-refractivity contribution in [3.63, 3.8) is 0 Å². The number of amides is 1. The van der Waals surface area contributed by atoms with E-state index in [0.717, 1.165) is 0 Å². The molecule has 0 atom stereocenters. The Bertz CT molecular complexity index is 318. The molecule has 0 aromatic rings. The molecular weight excluding hydrogens is 232 g/mol. The zero-order valence-corrected chi connectivity index (χ0v) is 11.3. The minimum absolute atomic E-state index is 0.0959. The van der Waals surface area contributed by atoms with Crippen LogP contribution >= 0.6 is 0 Å². The fourth-order valence-corrected chi connectivity index (χ4v) is 2.73. The number of aliphatic hydroxyl groups is 1. The summed E-state index contributed by atoms with van der Waals surface area (Å²) in [4.78, 5) is 14.3. The Hall–Kier alpha value is -0.650. The van der Waals surface area contributed by atoms with Gasteiger partial charge in [0.15, 0.2) is 0 Å². The number of nitrogens with zero attached hydrogens (tertiary/aromatic N) is 1. The standard InChI is InChI=1S/C13H24N2O3/c1-10(2)13(17)8-15(9-13)11(16)12(7-14)3-5-18-6-4-12/h10,17H,3-9,14H2,1-2H3. The van der Waals surface area contributed by atoms with Crippen LogP contribution in [0.2, 0.25) is 0 Å². The van der Waals surface area contributed by atoms with Crippen molar-refractivity contribution in [1.29, 1.82) is 0 Å². The summed E-state index contributed by atoms with van der Waals surface area (Å²) < 4.78 is 5.31. The van der Waals surface area contributed by atoms with Gasteiger partial charge in [0, 0.05) is 19.8 Å². The molecule has 0 aromatic carbocycles.